The number of carbonyl (C=O) groups is 1. The lowest BCUT2D eigenvalue weighted by Crippen LogP contribution is -2.34. The van der Waals surface area contributed by atoms with Gasteiger partial charge in [0, 0.05) is 24.8 Å². The molecule has 1 saturated heterocycles. The summed E-state index contributed by atoms with van der Waals surface area (Å²) in [4.78, 5) is 14.3. The molecule has 0 radical (unpaired) electrons. The minimum atomic E-state index is -0.265. The lowest BCUT2D eigenvalue weighted by Gasteiger charge is -2.39. The Morgan fingerprint density at radius 2 is 2.05 bits per heavy atom. The molecule has 2 rings (SSSR count). The average Bonchev–Trinajstić information content (AvgIpc) is 2.53. The molecular weight excluding hydrogens is 262 g/mol. The SMILES string of the molecule is CC(C)NC(=O)/C(C#N)=C\N1CC2(C)CC1CC(C)(C)C2. The van der Waals surface area contributed by atoms with E-state index in [0.717, 1.165) is 19.4 Å². The van der Waals surface area contributed by atoms with Gasteiger partial charge in [0.25, 0.3) is 5.91 Å². The van der Waals surface area contributed by atoms with E-state index in [1.54, 1.807) is 6.20 Å². The number of carbonyl (C=O) groups excluding carboxylic acids is 1. The molecule has 1 amide bonds. The summed E-state index contributed by atoms with van der Waals surface area (Å²) in [5, 5.41) is 12.1. The summed E-state index contributed by atoms with van der Waals surface area (Å²) in [7, 11) is 0. The number of amides is 1. The number of hydrogen-bond donors (Lipinski definition) is 1. The minimum absolute atomic E-state index is 0.0449. The van der Waals surface area contributed by atoms with Crippen molar-refractivity contribution >= 4 is 5.91 Å². The predicted molar refractivity (Wildman–Crippen MR) is 83.2 cm³/mol. The van der Waals surface area contributed by atoms with Gasteiger partial charge in [0.2, 0.25) is 0 Å². The first-order valence-electron chi connectivity index (χ1n) is 7.83. The van der Waals surface area contributed by atoms with E-state index in [9.17, 15) is 10.1 Å². The van der Waals surface area contributed by atoms with Crippen molar-refractivity contribution in [2.24, 2.45) is 10.8 Å². The molecule has 1 saturated carbocycles. The minimum Gasteiger partial charge on any atom is -0.373 e. The van der Waals surface area contributed by atoms with Crippen molar-refractivity contribution in [3.63, 3.8) is 0 Å². The zero-order chi connectivity index (χ0) is 15.8. The molecule has 1 N–H and O–H groups in total. The molecule has 1 heterocycles. The number of nitrogens with one attached hydrogen (secondary N) is 1. The fraction of sp³-hybridized carbons (Fsp3) is 0.765. The summed E-state index contributed by atoms with van der Waals surface area (Å²) in [6, 6.07) is 2.55. The molecule has 116 valence electrons. The molecule has 0 aromatic rings. The third-order valence-corrected chi connectivity index (χ3v) is 4.54. The van der Waals surface area contributed by atoms with E-state index >= 15 is 0 Å². The first-order valence-corrected chi connectivity index (χ1v) is 7.83. The lowest BCUT2D eigenvalue weighted by atomic mass is 9.65. The third-order valence-electron chi connectivity index (χ3n) is 4.54. The summed E-state index contributed by atoms with van der Waals surface area (Å²) < 4.78 is 0. The second-order valence-electron chi connectivity index (χ2n) is 8.17. The highest BCUT2D eigenvalue weighted by Gasteiger charge is 2.48. The molecule has 0 aromatic carbocycles. The van der Waals surface area contributed by atoms with Gasteiger partial charge in [0.15, 0.2) is 0 Å². The van der Waals surface area contributed by atoms with Crippen molar-refractivity contribution in [2.45, 2.75) is 66.0 Å². The van der Waals surface area contributed by atoms with Crippen LogP contribution in [0.3, 0.4) is 0 Å². The number of fused-ring (bicyclic) bond motifs is 2. The smallest absolute Gasteiger partial charge is 0.263 e. The summed E-state index contributed by atoms with van der Waals surface area (Å²) in [5.74, 6) is -0.265. The second kappa shape index (κ2) is 5.36. The van der Waals surface area contributed by atoms with Gasteiger partial charge in [0.1, 0.15) is 11.6 Å². The Kier molecular flexibility index (Phi) is 4.06. The zero-order valence-electron chi connectivity index (χ0n) is 13.9. The van der Waals surface area contributed by atoms with Crippen LogP contribution in [0.25, 0.3) is 0 Å². The van der Waals surface area contributed by atoms with Crippen LogP contribution in [-0.2, 0) is 4.79 Å². The normalized spacial score (nSPS) is 31.2. The molecule has 0 spiro atoms. The van der Waals surface area contributed by atoms with Crippen LogP contribution >= 0.6 is 0 Å². The maximum atomic E-state index is 12.0. The molecule has 1 aliphatic heterocycles. The summed E-state index contributed by atoms with van der Waals surface area (Å²) in [5.41, 5.74) is 0.864. The second-order valence-corrected chi connectivity index (χ2v) is 8.17. The maximum Gasteiger partial charge on any atom is 0.263 e. The van der Waals surface area contributed by atoms with Crippen LogP contribution in [-0.4, -0.2) is 29.4 Å². The summed E-state index contributed by atoms with van der Waals surface area (Å²) in [6.07, 6.45) is 5.29. The van der Waals surface area contributed by atoms with Crippen LogP contribution in [0, 0.1) is 22.2 Å². The largest absolute Gasteiger partial charge is 0.373 e. The fourth-order valence-electron chi connectivity index (χ4n) is 4.30. The summed E-state index contributed by atoms with van der Waals surface area (Å²) >= 11 is 0. The summed E-state index contributed by atoms with van der Waals surface area (Å²) in [6.45, 7) is 11.7. The van der Waals surface area contributed by atoms with Crippen molar-refractivity contribution in [3.05, 3.63) is 11.8 Å². The Hall–Kier alpha value is -1.50. The average molecular weight is 289 g/mol. The van der Waals surface area contributed by atoms with E-state index in [-0.39, 0.29) is 17.5 Å². The Bertz CT molecular complexity index is 501. The predicted octanol–water partition coefficient (Wildman–Crippen LogP) is 2.82. The molecule has 1 aliphatic carbocycles. The van der Waals surface area contributed by atoms with Crippen LogP contribution < -0.4 is 5.32 Å². The molecule has 2 aliphatic rings. The van der Waals surface area contributed by atoms with Gasteiger partial charge < -0.3 is 10.2 Å². The Morgan fingerprint density at radius 3 is 2.62 bits per heavy atom. The number of likely N-dealkylation sites (tertiary alicyclic amines) is 1. The van der Waals surface area contributed by atoms with Crippen molar-refractivity contribution in [2.75, 3.05) is 6.54 Å². The Labute approximate surface area is 128 Å². The van der Waals surface area contributed by atoms with Crippen molar-refractivity contribution < 1.29 is 4.79 Å². The van der Waals surface area contributed by atoms with Gasteiger partial charge in [-0.05, 0) is 43.9 Å². The number of rotatable bonds is 3. The molecule has 2 fully saturated rings. The Morgan fingerprint density at radius 1 is 1.38 bits per heavy atom. The number of nitrogens with zero attached hydrogens (tertiary/aromatic N) is 2. The molecule has 4 heteroatoms. The van der Waals surface area contributed by atoms with Crippen molar-refractivity contribution in [1.29, 1.82) is 5.26 Å². The van der Waals surface area contributed by atoms with Gasteiger partial charge in [0.05, 0.1) is 0 Å². The molecule has 4 nitrogen and oxygen atoms in total. The number of nitriles is 1. The van der Waals surface area contributed by atoms with E-state index < -0.39 is 0 Å². The van der Waals surface area contributed by atoms with Gasteiger partial charge >= 0.3 is 0 Å². The maximum absolute atomic E-state index is 12.0. The van der Waals surface area contributed by atoms with E-state index in [1.165, 1.54) is 6.42 Å². The van der Waals surface area contributed by atoms with Gasteiger partial charge in [-0.3, -0.25) is 4.79 Å². The molecular formula is C17H27N3O. The van der Waals surface area contributed by atoms with Gasteiger partial charge in [-0.1, -0.05) is 20.8 Å². The third kappa shape index (κ3) is 3.58. The lowest BCUT2D eigenvalue weighted by molar-refractivity contribution is -0.117. The highest BCUT2D eigenvalue weighted by Crippen LogP contribution is 2.52. The van der Waals surface area contributed by atoms with Gasteiger partial charge in [-0.15, -0.1) is 0 Å². The van der Waals surface area contributed by atoms with E-state index in [1.807, 2.05) is 13.8 Å². The van der Waals surface area contributed by atoms with Crippen LogP contribution in [0.1, 0.15) is 53.9 Å². The first kappa shape index (κ1) is 15.9. The van der Waals surface area contributed by atoms with E-state index in [4.69, 9.17) is 0 Å². The van der Waals surface area contributed by atoms with Crippen molar-refractivity contribution in [1.82, 2.24) is 10.2 Å². The molecule has 2 unspecified atom stereocenters. The van der Waals surface area contributed by atoms with Crippen molar-refractivity contribution in [3.8, 4) is 6.07 Å². The van der Waals surface area contributed by atoms with E-state index in [2.05, 4.69) is 37.1 Å². The molecule has 2 bridgehead atoms. The highest BCUT2D eigenvalue weighted by atomic mass is 16.1. The fourth-order valence-corrected chi connectivity index (χ4v) is 4.30. The van der Waals surface area contributed by atoms with Gasteiger partial charge in [-0.2, -0.15) is 5.26 Å². The standard InChI is InChI=1S/C17H27N3O/c1-12(2)19-15(21)13(8-18)9-20-11-17(5)7-14(20)6-16(3,4)10-17/h9,12,14H,6-7,10-11H2,1-5H3,(H,19,21)/b13-9-. The Balaban J connectivity index is 2.17. The van der Waals surface area contributed by atoms with Gasteiger partial charge in [-0.25, -0.2) is 0 Å². The molecule has 0 aromatic heterocycles. The quantitative estimate of drug-likeness (QED) is 0.642. The highest BCUT2D eigenvalue weighted by molar-refractivity contribution is 5.97. The zero-order valence-corrected chi connectivity index (χ0v) is 13.9. The molecule has 21 heavy (non-hydrogen) atoms. The topological polar surface area (TPSA) is 56.1 Å². The van der Waals surface area contributed by atoms with Crippen LogP contribution in [0.2, 0.25) is 0 Å². The first-order chi connectivity index (χ1) is 9.64. The van der Waals surface area contributed by atoms with Crippen LogP contribution in [0.4, 0.5) is 0 Å². The molecule has 2 atom stereocenters. The monoisotopic (exact) mass is 289 g/mol. The van der Waals surface area contributed by atoms with Crippen LogP contribution in [0.5, 0.6) is 0 Å². The number of hydrogen-bond acceptors (Lipinski definition) is 3. The van der Waals surface area contributed by atoms with Crippen LogP contribution in [0.15, 0.2) is 11.8 Å². The van der Waals surface area contributed by atoms with E-state index in [0.29, 0.717) is 16.9 Å².